The zero-order valence-electron chi connectivity index (χ0n) is 15.9. The van der Waals surface area contributed by atoms with Crippen molar-refractivity contribution in [3.05, 3.63) is 36.4 Å². The fourth-order valence-corrected chi connectivity index (χ4v) is 4.14. The molecule has 0 amide bonds. The number of anilines is 1. The van der Waals surface area contributed by atoms with Gasteiger partial charge >= 0.3 is 5.97 Å². The molecule has 0 saturated carbocycles. The third-order valence-corrected chi connectivity index (χ3v) is 5.46. The third-order valence-electron chi connectivity index (χ3n) is 3.93. The minimum absolute atomic E-state index is 0.0108. The molecule has 0 heterocycles. The monoisotopic (exact) mass is 408 g/mol. The summed E-state index contributed by atoms with van der Waals surface area (Å²) >= 11 is 0. The van der Waals surface area contributed by atoms with E-state index < -0.39 is 22.0 Å². The van der Waals surface area contributed by atoms with Crippen LogP contribution in [0, 0.1) is 0 Å². The number of carboxylic acids is 1. The Kier molecular flexibility index (Phi) is 6.81. The average molecular weight is 408 g/mol. The first-order chi connectivity index (χ1) is 13.1. The second-order valence-corrected chi connectivity index (χ2v) is 8.07. The van der Waals surface area contributed by atoms with E-state index in [1.165, 1.54) is 13.0 Å². The summed E-state index contributed by atoms with van der Waals surface area (Å²) in [5, 5.41) is 14.1. The van der Waals surface area contributed by atoms with Crippen molar-refractivity contribution in [1.82, 2.24) is 4.72 Å². The number of oxime groups is 1. The first kappa shape index (κ1) is 21.5. The van der Waals surface area contributed by atoms with E-state index in [4.69, 9.17) is 10.6 Å². The summed E-state index contributed by atoms with van der Waals surface area (Å²) in [5.41, 5.74) is 6.18. The van der Waals surface area contributed by atoms with Gasteiger partial charge in [-0.1, -0.05) is 29.4 Å². The Balaban J connectivity index is 2.34. The normalized spacial score (nSPS) is 13.3. The predicted octanol–water partition coefficient (Wildman–Crippen LogP) is 1.34. The van der Waals surface area contributed by atoms with Gasteiger partial charge in [0.1, 0.15) is 18.5 Å². The predicted molar refractivity (Wildman–Crippen MR) is 108 cm³/mol. The molecule has 2 rings (SSSR count). The molecule has 0 bridgehead atoms. The maximum Gasteiger partial charge on any atom is 0.321 e. The Morgan fingerprint density at radius 3 is 2.50 bits per heavy atom. The zero-order valence-corrected chi connectivity index (χ0v) is 16.7. The number of benzene rings is 2. The number of nitrogens with one attached hydrogen (secondary N) is 1. The number of amidine groups is 1. The molecule has 4 N–H and O–H groups in total. The molecule has 0 aliphatic rings. The average Bonchev–Trinajstić information content (AvgIpc) is 2.62. The van der Waals surface area contributed by atoms with Crippen LogP contribution < -0.4 is 15.4 Å². The van der Waals surface area contributed by atoms with E-state index in [2.05, 4.69) is 9.88 Å². The fourth-order valence-electron chi connectivity index (χ4n) is 2.69. The summed E-state index contributed by atoms with van der Waals surface area (Å²) in [6.45, 7) is 1.41. The van der Waals surface area contributed by atoms with E-state index in [-0.39, 0.29) is 23.8 Å². The highest BCUT2D eigenvalue weighted by atomic mass is 32.2. The quantitative estimate of drug-likeness (QED) is 0.247. The molecular formula is C18H24N4O5S. The highest BCUT2D eigenvalue weighted by Gasteiger charge is 2.27. The number of hydrogen-bond acceptors (Lipinski definition) is 6. The number of sulfonamides is 1. The molecule has 0 fully saturated rings. The highest BCUT2D eigenvalue weighted by molar-refractivity contribution is 7.89. The molecule has 28 heavy (non-hydrogen) atoms. The van der Waals surface area contributed by atoms with Gasteiger partial charge in [0.25, 0.3) is 0 Å². The molecule has 9 nitrogen and oxygen atoms in total. The van der Waals surface area contributed by atoms with Gasteiger partial charge in [0.2, 0.25) is 10.0 Å². The molecule has 0 radical (unpaired) electrons. The van der Waals surface area contributed by atoms with E-state index in [0.717, 1.165) is 11.1 Å². The van der Waals surface area contributed by atoms with E-state index in [1.807, 2.05) is 31.1 Å². The molecule has 0 saturated heterocycles. The van der Waals surface area contributed by atoms with E-state index >= 15 is 0 Å². The molecule has 152 valence electrons. The Labute approximate surface area is 163 Å². The number of hydrogen-bond donors (Lipinski definition) is 3. The lowest BCUT2D eigenvalue weighted by Crippen LogP contribution is -2.41. The topological polar surface area (TPSA) is 134 Å². The molecular weight excluding hydrogens is 384 g/mol. The van der Waals surface area contributed by atoms with Crippen LogP contribution in [0.3, 0.4) is 0 Å². The van der Waals surface area contributed by atoms with Crippen LogP contribution in [0.4, 0.5) is 5.69 Å². The molecule has 10 heteroatoms. The van der Waals surface area contributed by atoms with Gasteiger partial charge < -0.3 is 20.6 Å². The summed E-state index contributed by atoms with van der Waals surface area (Å²) < 4.78 is 28.1. The van der Waals surface area contributed by atoms with Gasteiger partial charge in [0.05, 0.1) is 4.90 Å². The van der Waals surface area contributed by atoms with Crippen LogP contribution in [-0.2, 0) is 19.7 Å². The first-order valence-corrected chi connectivity index (χ1v) is 9.98. The lowest BCUT2D eigenvalue weighted by Gasteiger charge is -2.18. The van der Waals surface area contributed by atoms with Gasteiger partial charge in [-0.2, -0.15) is 4.72 Å². The zero-order chi connectivity index (χ0) is 20.9. The van der Waals surface area contributed by atoms with Crippen molar-refractivity contribution in [2.75, 3.05) is 25.6 Å². The summed E-state index contributed by atoms with van der Waals surface area (Å²) in [5.74, 6) is -1.13. The fraction of sp³-hybridized carbons (Fsp3) is 0.333. The van der Waals surface area contributed by atoms with Crippen LogP contribution in [0.25, 0.3) is 10.8 Å². The second kappa shape index (κ2) is 8.89. The largest absolute Gasteiger partial charge is 0.480 e. The number of nitrogens with two attached hydrogens (primary N) is 1. The lowest BCUT2D eigenvalue weighted by atomic mass is 10.1. The van der Waals surface area contributed by atoms with Crippen LogP contribution in [0.15, 0.2) is 46.4 Å². The molecule has 0 aliphatic heterocycles. The highest BCUT2D eigenvalue weighted by Crippen LogP contribution is 2.30. The van der Waals surface area contributed by atoms with Gasteiger partial charge in [0.15, 0.2) is 0 Å². The minimum atomic E-state index is -4.09. The second-order valence-electron chi connectivity index (χ2n) is 6.39. The summed E-state index contributed by atoms with van der Waals surface area (Å²) in [6, 6.07) is 8.85. The van der Waals surface area contributed by atoms with E-state index in [9.17, 15) is 18.3 Å². The standard InChI is InChI=1S/C18H24N4O5S/c1-12(19)20-27-11-10-15(18(23)24)21-28(25,26)17-9-5-6-13-14(17)7-4-8-16(13)22(2)3/h4-9,15,21H,10-11H2,1-3H3,(H2,19,20)(H,23,24)/t15-/m0/s1. The molecule has 0 aromatic heterocycles. The molecule has 2 aromatic rings. The summed E-state index contributed by atoms with van der Waals surface area (Å²) in [6.07, 6.45) is -0.112. The summed E-state index contributed by atoms with van der Waals surface area (Å²) in [4.78, 5) is 18.3. The Bertz CT molecular complexity index is 985. The number of carbonyl (C=O) groups is 1. The van der Waals surface area contributed by atoms with Crippen molar-refractivity contribution in [3.63, 3.8) is 0 Å². The molecule has 0 spiro atoms. The van der Waals surface area contributed by atoms with Gasteiger partial charge in [-0.3, -0.25) is 4.79 Å². The van der Waals surface area contributed by atoms with Crippen LogP contribution in [0.1, 0.15) is 13.3 Å². The number of nitrogens with zero attached hydrogens (tertiary/aromatic N) is 2. The first-order valence-electron chi connectivity index (χ1n) is 8.49. The maximum absolute atomic E-state index is 12.9. The van der Waals surface area contributed by atoms with Crippen LogP contribution in [0.5, 0.6) is 0 Å². The summed E-state index contributed by atoms with van der Waals surface area (Å²) in [7, 11) is -0.370. The Morgan fingerprint density at radius 2 is 1.89 bits per heavy atom. The lowest BCUT2D eigenvalue weighted by molar-refractivity contribution is -0.139. The minimum Gasteiger partial charge on any atom is -0.480 e. The van der Waals surface area contributed by atoms with Crippen molar-refractivity contribution in [3.8, 4) is 0 Å². The van der Waals surface area contributed by atoms with Crippen molar-refractivity contribution in [1.29, 1.82) is 0 Å². The van der Waals surface area contributed by atoms with Crippen LogP contribution in [0.2, 0.25) is 0 Å². The van der Waals surface area contributed by atoms with Crippen molar-refractivity contribution >= 4 is 38.3 Å². The maximum atomic E-state index is 12.9. The van der Waals surface area contributed by atoms with Crippen LogP contribution in [-0.4, -0.2) is 52.1 Å². The van der Waals surface area contributed by atoms with Crippen molar-refractivity contribution in [2.45, 2.75) is 24.3 Å². The third kappa shape index (κ3) is 5.11. The molecule has 1 atom stereocenters. The van der Waals surface area contributed by atoms with Gasteiger partial charge in [0, 0.05) is 37.0 Å². The van der Waals surface area contributed by atoms with Gasteiger partial charge in [-0.05, 0) is 19.1 Å². The SMILES string of the molecule is C/C(N)=N/OCC[C@H](NS(=O)(=O)c1cccc2c(N(C)C)cccc12)C(=O)O. The molecule has 0 aliphatic carbocycles. The van der Waals surface area contributed by atoms with Gasteiger partial charge in [-0.25, -0.2) is 8.42 Å². The number of rotatable bonds is 9. The van der Waals surface area contributed by atoms with E-state index in [0.29, 0.717) is 5.39 Å². The Hall–Kier alpha value is -2.85. The van der Waals surface area contributed by atoms with Gasteiger partial charge in [-0.15, -0.1) is 0 Å². The molecule has 2 aromatic carbocycles. The van der Waals surface area contributed by atoms with Crippen molar-refractivity contribution < 1.29 is 23.2 Å². The van der Waals surface area contributed by atoms with E-state index in [1.54, 1.807) is 18.2 Å². The van der Waals surface area contributed by atoms with Crippen molar-refractivity contribution in [2.24, 2.45) is 10.9 Å². The smallest absolute Gasteiger partial charge is 0.321 e. The molecule has 0 unspecified atom stereocenters. The number of aliphatic carboxylic acids is 1. The number of carboxylic acid groups (broad SMARTS) is 1. The van der Waals surface area contributed by atoms with Crippen LogP contribution >= 0.6 is 0 Å². The Morgan fingerprint density at radius 1 is 1.25 bits per heavy atom. The number of fused-ring (bicyclic) bond motifs is 1.